The first kappa shape index (κ1) is 22.2. The van der Waals surface area contributed by atoms with Crippen LogP contribution in [0, 0.1) is 0 Å². The maximum atomic E-state index is 12.0. The van der Waals surface area contributed by atoms with Crippen molar-refractivity contribution in [2.45, 2.75) is 0 Å². The van der Waals surface area contributed by atoms with E-state index in [1.54, 1.807) is 35.7 Å². The van der Waals surface area contributed by atoms with Crippen LogP contribution in [0.2, 0.25) is 0 Å². The maximum Gasteiger partial charge on any atom is 0.229 e. The molecule has 1 saturated heterocycles. The number of fused-ring (bicyclic) bond motifs is 1. The van der Waals surface area contributed by atoms with Crippen molar-refractivity contribution >= 4 is 43.9 Å². The standard InChI is InChI=1S/C23H27N9OS/c1-30-11-13-31(14-12-30)19-9-7-18(8-10-19)26-23-24-15-17-16-25-32(22(17)28-23)21-6-4-5-20(27-21)29-34(2,3)33/h4-10,15-16H,11-14H2,1-3H3,(H,24,26,28). The van der Waals surface area contributed by atoms with Crippen LogP contribution in [0.5, 0.6) is 0 Å². The highest BCUT2D eigenvalue weighted by Gasteiger charge is 2.14. The molecule has 1 fully saturated rings. The van der Waals surface area contributed by atoms with E-state index in [-0.39, 0.29) is 0 Å². The number of likely N-dealkylation sites (N-methyl/N-ethyl adjacent to an activating group) is 1. The summed E-state index contributed by atoms with van der Waals surface area (Å²) in [5, 5.41) is 8.49. The highest BCUT2D eigenvalue weighted by atomic mass is 32.2. The van der Waals surface area contributed by atoms with Gasteiger partial charge in [-0.05, 0) is 43.4 Å². The van der Waals surface area contributed by atoms with Crippen molar-refractivity contribution in [3.05, 3.63) is 54.9 Å². The summed E-state index contributed by atoms with van der Waals surface area (Å²) >= 11 is 0. The van der Waals surface area contributed by atoms with Crippen molar-refractivity contribution in [2.24, 2.45) is 4.36 Å². The van der Waals surface area contributed by atoms with E-state index in [0.717, 1.165) is 37.3 Å². The molecule has 3 aromatic heterocycles. The van der Waals surface area contributed by atoms with E-state index in [4.69, 9.17) is 0 Å². The monoisotopic (exact) mass is 477 g/mol. The predicted octanol–water partition coefficient (Wildman–Crippen LogP) is 3.07. The van der Waals surface area contributed by atoms with Crippen molar-refractivity contribution in [3.63, 3.8) is 0 Å². The summed E-state index contributed by atoms with van der Waals surface area (Å²) in [5.74, 6) is 1.40. The number of piperazine rings is 1. The molecule has 4 aromatic rings. The van der Waals surface area contributed by atoms with Crippen molar-refractivity contribution in [1.82, 2.24) is 29.6 Å². The summed E-state index contributed by atoms with van der Waals surface area (Å²) in [6.45, 7) is 4.21. The molecule has 0 bridgehead atoms. The third-order valence-corrected chi connectivity index (χ3v) is 6.18. The molecule has 0 saturated carbocycles. The first-order valence-electron chi connectivity index (χ1n) is 11.0. The fraction of sp³-hybridized carbons (Fsp3) is 0.304. The lowest BCUT2D eigenvalue weighted by molar-refractivity contribution is 0.313. The highest BCUT2D eigenvalue weighted by Crippen LogP contribution is 2.23. The van der Waals surface area contributed by atoms with Gasteiger partial charge in [0.1, 0.15) is 0 Å². The number of aromatic nitrogens is 5. The second kappa shape index (κ2) is 8.99. The van der Waals surface area contributed by atoms with E-state index in [1.165, 1.54) is 5.69 Å². The Hall–Kier alpha value is -3.57. The molecule has 176 valence electrons. The topological polar surface area (TPSA) is 104 Å². The van der Waals surface area contributed by atoms with E-state index in [9.17, 15) is 4.21 Å². The van der Waals surface area contributed by atoms with Crippen LogP contribution in [-0.2, 0) is 9.73 Å². The summed E-state index contributed by atoms with van der Waals surface area (Å²) in [7, 11) is -0.161. The minimum Gasteiger partial charge on any atom is -0.369 e. The average molecular weight is 478 g/mol. The third-order valence-electron chi connectivity index (χ3n) is 5.55. The third kappa shape index (κ3) is 5.00. The Morgan fingerprint density at radius 3 is 2.47 bits per heavy atom. The van der Waals surface area contributed by atoms with Gasteiger partial charge in [-0.3, -0.25) is 0 Å². The molecule has 1 aromatic carbocycles. The Kier molecular flexibility index (Phi) is 5.88. The van der Waals surface area contributed by atoms with Gasteiger partial charge in [0, 0.05) is 66.0 Å². The quantitative estimate of drug-likeness (QED) is 0.468. The molecule has 1 N–H and O–H groups in total. The Labute approximate surface area is 198 Å². The predicted molar refractivity (Wildman–Crippen MR) is 136 cm³/mol. The van der Waals surface area contributed by atoms with Gasteiger partial charge in [-0.25, -0.2) is 14.2 Å². The van der Waals surface area contributed by atoms with Crippen LogP contribution in [0.4, 0.5) is 23.1 Å². The van der Waals surface area contributed by atoms with Crippen molar-refractivity contribution < 1.29 is 4.21 Å². The molecule has 34 heavy (non-hydrogen) atoms. The van der Waals surface area contributed by atoms with Gasteiger partial charge in [-0.1, -0.05) is 6.07 Å². The van der Waals surface area contributed by atoms with Crippen LogP contribution >= 0.6 is 0 Å². The van der Waals surface area contributed by atoms with Gasteiger partial charge >= 0.3 is 0 Å². The molecule has 0 unspecified atom stereocenters. The minimum absolute atomic E-state index is 0.393. The second-order valence-corrected chi connectivity index (χ2v) is 11.2. The molecule has 0 spiro atoms. The van der Waals surface area contributed by atoms with Crippen LogP contribution in [-0.4, -0.2) is 79.6 Å². The van der Waals surface area contributed by atoms with Crippen LogP contribution in [0.3, 0.4) is 0 Å². The number of benzene rings is 1. The first-order chi connectivity index (χ1) is 16.3. The summed E-state index contributed by atoms with van der Waals surface area (Å²) in [5.41, 5.74) is 2.74. The van der Waals surface area contributed by atoms with E-state index >= 15 is 0 Å². The summed E-state index contributed by atoms with van der Waals surface area (Å²) in [4.78, 5) is 18.3. The smallest absolute Gasteiger partial charge is 0.229 e. The summed E-state index contributed by atoms with van der Waals surface area (Å²) in [6.07, 6.45) is 6.57. The Balaban J connectivity index is 1.38. The minimum atomic E-state index is -2.32. The largest absolute Gasteiger partial charge is 0.369 e. The van der Waals surface area contributed by atoms with Gasteiger partial charge in [-0.2, -0.15) is 19.1 Å². The van der Waals surface area contributed by atoms with Crippen molar-refractivity contribution in [3.8, 4) is 5.82 Å². The molecule has 10 nitrogen and oxygen atoms in total. The lowest BCUT2D eigenvalue weighted by Crippen LogP contribution is -2.44. The molecule has 5 rings (SSSR count). The fourth-order valence-electron chi connectivity index (χ4n) is 3.80. The van der Waals surface area contributed by atoms with Crippen molar-refractivity contribution in [2.75, 3.05) is 56.0 Å². The van der Waals surface area contributed by atoms with Crippen LogP contribution in [0.15, 0.2) is 59.2 Å². The number of hydrogen-bond acceptors (Lipinski definition) is 9. The van der Waals surface area contributed by atoms with Gasteiger partial charge in [0.15, 0.2) is 17.3 Å². The summed E-state index contributed by atoms with van der Waals surface area (Å²) < 4.78 is 17.9. The van der Waals surface area contributed by atoms with Crippen LogP contribution < -0.4 is 10.2 Å². The fourth-order valence-corrected chi connectivity index (χ4v) is 4.35. The molecular weight excluding hydrogens is 450 g/mol. The zero-order valence-electron chi connectivity index (χ0n) is 19.4. The van der Waals surface area contributed by atoms with Gasteiger partial charge in [0.05, 0.1) is 11.6 Å². The number of rotatable bonds is 5. The average Bonchev–Trinajstić information content (AvgIpc) is 3.23. The molecule has 11 heteroatoms. The molecular formula is C23H27N9OS. The van der Waals surface area contributed by atoms with E-state index in [2.05, 4.69) is 58.7 Å². The van der Waals surface area contributed by atoms with Gasteiger partial charge in [0.2, 0.25) is 5.95 Å². The number of anilines is 3. The molecule has 0 amide bonds. The zero-order valence-corrected chi connectivity index (χ0v) is 20.2. The van der Waals surface area contributed by atoms with Crippen LogP contribution in [0.1, 0.15) is 0 Å². The summed E-state index contributed by atoms with van der Waals surface area (Å²) in [6, 6.07) is 13.7. The molecule has 0 atom stereocenters. The molecule has 1 aliphatic rings. The van der Waals surface area contributed by atoms with E-state index < -0.39 is 9.73 Å². The molecule has 1 aliphatic heterocycles. The molecule has 4 heterocycles. The zero-order chi connectivity index (χ0) is 23.7. The Bertz CT molecular complexity index is 1420. The molecule has 0 aliphatic carbocycles. The number of nitrogens with one attached hydrogen (secondary N) is 1. The van der Waals surface area contributed by atoms with Crippen molar-refractivity contribution in [1.29, 1.82) is 0 Å². The SMILES string of the molecule is CN1CCN(c2ccc(Nc3ncc4cnn(-c5cccc(N=S(C)(C)=O)n5)c4n3)cc2)CC1. The van der Waals surface area contributed by atoms with Crippen LogP contribution in [0.25, 0.3) is 16.9 Å². The first-order valence-corrected chi connectivity index (χ1v) is 13.3. The normalized spacial score (nSPS) is 15.0. The second-order valence-electron chi connectivity index (χ2n) is 8.62. The highest BCUT2D eigenvalue weighted by molar-refractivity contribution is 7.92. The number of nitrogens with zero attached hydrogens (tertiary/aromatic N) is 8. The Morgan fingerprint density at radius 1 is 0.971 bits per heavy atom. The van der Waals surface area contributed by atoms with E-state index in [1.807, 2.05) is 24.3 Å². The maximum absolute atomic E-state index is 12.0. The van der Waals surface area contributed by atoms with E-state index in [0.29, 0.717) is 23.2 Å². The van der Waals surface area contributed by atoms with Gasteiger partial charge in [-0.15, -0.1) is 0 Å². The molecule has 0 radical (unpaired) electrons. The number of pyridine rings is 1. The van der Waals surface area contributed by atoms with Gasteiger partial charge < -0.3 is 15.1 Å². The number of hydrogen-bond donors (Lipinski definition) is 1. The lowest BCUT2D eigenvalue weighted by Gasteiger charge is -2.34. The lowest BCUT2D eigenvalue weighted by atomic mass is 10.2. The Morgan fingerprint density at radius 2 is 1.74 bits per heavy atom. The van der Waals surface area contributed by atoms with Gasteiger partial charge in [0.25, 0.3) is 0 Å².